The molecule has 2 rings (SSSR count). The lowest BCUT2D eigenvalue weighted by Crippen LogP contribution is -2.49. The average molecular weight is 504 g/mol. The highest BCUT2D eigenvalue weighted by molar-refractivity contribution is 14.0. The lowest BCUT2D eigenvalue weighted by atomic mass is 10.1. The summed E-state index contributed by atoms with van der Waals surface area (Å²) in [5.41, 5.74) is 1.13. The maximum absolute atomic E-state index is 11.8. The number of halogens is 1. The molecular weight excluding hydrogens is 471 g/mol. The summed E-state index contributed by atoms with van der Waals surface area (Å²) in [6.07, 6.45) is 1.68. The number of amides is 1. The van der Waals surface area contributed by atoms with E-state index in [1.807, 2.05) is 39.0 Å². The highest BCUT2D eigenvalue weighted by atomic mass is 127. The standard InChI is InChI=1S/C20H32N4O3.HI/c1-5-26-20(25)24-11-9-17(10-12-24)23-19(21-4)22-14-16-7-6-8-18(13-16)27-15(2)3;/h6-8,13,15,17H,5,9-12,14H2,1-4H3,(H2,21,22,23);1H. The fourth-order valence-electron chi connectivity index (χ4n) is 3.00. The molecule has 0 bridgehead atoms. The summed E-state index contributed by atoms with van der Waals surface area (Å²) in [4.78, 5) is 17.8. The van der Waals surface area contributed by atoms with Gasteiger partial charge in [0.2, 0.25) is 0 Å². The Kier molecular flexibility index (Phi) is 11.0. The van der Waals surface area contributed by atoms with E-state index in [-0.39, 0.29) is 42.2 Å². The predicted octanol–water partition coefficient (Wildman–Crippen LogP) is 3.38. The summed E-state index contributed by atoms with van der Waals surface area (Å²) in [7, 11) is 1.77. The third-order valence-electron chi connectivity index (χ3n) is 4.32. The number of carbonyl (C=O) groups is 1. The van der Waals surface area contributed by atoms with Gasteiger partial charge in [0.1, 0.15) is 5.75 Å². The molecule has 1 amide bonds. The SMILES string of the molecule is CCOC(=O)N1CCC(NC(=NC)NCc2cccc(OC(C)C)c2)CC1.I. The van der Waals surface area contributed by atoms with Crippen LogP contribution in [0.3, 0.4) is 0 Å². The van der Waals surface area contributed by atoms with Crippen LogP contribution in [0.15, 0.2) is 29.3 Å². The second-order valence-corrected chi connectivity index (χ2v) is 6.84. The molecule has 7 nitrogen and oxygen atoms in total. The second-order valence-electron chi connectivity index (χ2n) is 6.84. The molecule has 0 radical (unpaired) electrons. The fraction of sp³-hybridized carbons (Fsp3) is 0.600. The zero-order chi connectivity index (χ0) is 19.6. The number of hydrogen-bond donors (Lipinski definition) is 2. The smallest absolute Gasteiger partial charge is 0.409 e. The zero-order valence-electron chi connectivity index (χ0n) is 17.2. The number of ether oxygens (including phenoxy) is 2. The van der Waals surface area contributed by atoms with Crippen LogP contribution in [0.25, 0.3) is 0 Å². The minimum Gasteiger partial charge on any atom is -0.491 e. The topological polar surface area (TPSA) is 75.2 Å². The molecule has 1 aromatic rings. The van der Waals surface area contributed by atoms with Crippen molar-refractivity contribution in [2.45, 2.75) is 52.3 Å². The number of rotatable bonds is 6. The van der Waals surface area contributed by atoms with E-state index in [9.17, 15) is 4.79 Å². The van der Waals surface area contributed by atoms with Crippen molar-refractivity contribution in [2.75, 3.05) is 26.7 Å². The van der Waals surface area contributed by atoms with E-state index >= 15 is 0 Å². The van der Waals surface area contributed by atoms with Crippen LogP contribution in [-0.2, 0) is 11.3 Å². The lowest BCUT2D eigenvalue weighted by molar-refractivity contribution is 0.0963. The first-order chi connectivity index (χ1) is 13.0. The van der Waals surface area contributed by atoms with Crippen molar-refractivity contribution < 1.29 is 14.3 Å². The summed E-state index contributed by atoms with van der Waals surface area (Å²) < 4.78 is 10.8. The van der Waals surface area contributed by atoms with Gasteiger partial charge in [0.15, 0.2) is 5.96 Å². The van der Waals surface area contributed by atoms with E-state index in [1.165, 1.54) is 0 Å². The maximum atomic E-state index is 11.8. The Bertz CT molecular complexity index is 632. The van der Waals surface area contributed by atoms with Gasteiger partial charge in [-0.2, -0.15) is 0 Å². The Morgan fingerprint density at radius 3 is 2.64 bits per heavy atom. The number of benzene rings is 1. The molecule has 0 aromatic heterocycles. The number of guanidine groups is 1. The van der Waals surface area contributed by atoms with Gasteiger partial charge in [-0.25, -0.2) is 4.79 Å². The van der Waals surface area contributed by atoms with Gasteiger partial charge in [0, 0.05) is 32.7 Å². The number of carbonyl (C=O) groups excluding carboxylic acids is 1. The highest BCUT2D eigenvalue weighted by Crippen LogP contribution is 2.15. The third-order valence-corrected chi connectivity index (χ3v) is 4.32. The van der Waals surface area contributed by atoms with Crippen molar-refractivity contribution in [3.05, 3.63) is 29.8 Å². The maximum Gasteiger partial charge on any atom is 0.409 e. The van der Waals surface area contributed by atoms with Gasteiger partial charge in [0.25, 0.3) is 0 Å². The summed E-state index contributed by atoms with van der Waals surface area (Å²) in [6, 6.07) is 8.35. The first-order valence-corrected chi connectivity index (χ1v) is 9.66. The summed E-state index contributed by atoms with van der Waals surface area (Å²) in [5.74, 6) is 1.64. The van der Waals surface area contributed by atoms with E-state index in [1.54, 1.807) is 11.9 Å². The van der Waals surface area contributed by atoms with E-state index in [0.29, 0.717) is 26.2 Å². The van der Waals surface area contributed by atoms with Crippen LogP contribution in [0.1, 0.15) is 39.2 Å². The zero-order valence-corrected chi connectivity index (χ0v) is 19.6. The van der Waals surface area contributed by atoms with Crippen molar-refractivity contribution in [2.24, 2.45) is 4.99 Å². The van der Waals surface area contributed by atoms with Gasteiger partial charge in [-0.1, -0.05) is 12.1 Å². The first kappa shape index (κ1) is 24.3. The quantitative estimate of drug-likeness (QED) is 0.353. The molecule has 158 valence electrons. The Morgan fingerprint density at radius 1 is 1.32 bits per heavy atom. The lowest BCUT2D eigenvalue weighted by Gasteiger charge is -2.32. The number of nitrogens with one attached hydrogen (secondary N) is 2. The van der Waals surface area contributed by atoms with Gasteiger partial charge in [-0.15, -0.1) is 24.0 Å². The number of nitrogens with zero attached hydrogens (tertiary/aromatic N) is 2. The van der Waals surface area contributed by atoms with Gasteiger partial charge in [0.05, 0.1) is 12.7 Å². The molecule has 8 heteroatoms. The van der Waals surface area contributed by atoms with Gasteiger partial charge >= 0.3 is 6.09 Å². The largest absolute Gasteiger partial charge is 0.491 e. The number of aliphatic imine (C=N–C) groups is 1. The number of piperidine rings is 1. The molecule has 0 spiro atoms. The highest BCUT2D eigenvalue weighted by Gasteiger charge is 2.23. The Balaban J connectivity index is 0.00000392. The van der Waals surface area contributed by atoms with E-state index < -0.39 is 0 Å². The summed E-state index contributed by atoms with van der Waals surface area (Å²) >= 11 is 0. The molecule has 0 atom stereocenters. The summed E-state index contributed by atoms with van der Waals surface area (Å²) in [5, 5.41) is 6.79. The molecule has 1 fully saturated rings. The summed E-state index contributed by atoms with van der Waals surface area (Å²) in [6.45, 7) is 8.33. The normalized spacial score (nSPS) is 15.0. The molecule has 0 unspecified atom stereocenters. The molecule has 0 aliphatic carbocycles. The molecular formula is C20H33IN4O3. The molecule has 1 aromatic carbocycles. The fourth-order valence-corrected chi connectivity index (χ4v) is 3.00. The van der Waals surface area contributed by atoms with E-state index in [0.717, 1.165) is 30.1 Å². The number of likely N-dealkylation sites (tertiary alicyclic amines) is 1. The molecule has 28 heavy (non-hydrogen) atoms. The Labute approximate surface area is 185 Å². The van der Waals surface area contributed by atoms with Gasteiger partial charge in [-0.3, -0.25) is 4.99 Å². The molecule has 2 N–H and O–H groups in total. The Hall–Kier alpha value is -1.71. The van der Waals surface area contributed by atoms with Crippen LogP contribution in [0.5, 0.6) is 5.75 Å². The van der Waals surface area contributed by atoms with Crippen LogP contribution < -0.4 is 15.4 Å². The van der Waals surface area contributed by atoms with Crippen molar-refractivity contribution in [1.82, 2.24) is 15.5 Å². The minimum atomic E-state index is -0.220. The molecule has 1 aliphatic rings. The van der Waals surface area contributed by atoms with Crippen LogP contribution in [0.2, 0.25) is 0 Å². The van der Waals surface area contributed by atoms with Crippen molar-refractivity contribution in [1.29, 1.82) is 0 Å². The molecule has 1 heterocycles. The predicted molar refractivity (Wildman–Crippen MR) is 123 cm³/mol. The molecule has 0 saturated carbocycles. The van der Waals surface area contributed by atoms with Crippen molar-refractivity contribution in [3.63, 3.8) is 0 Å². The van der Waals surface area contributed by atoms with E-state index in [4.69, 9.17) is 9.47 Å². The van der Waals surface area contributed by atoms with Gasteiger partial charge in [-0.05, 0) is 51.3 Å². The average Bonchev–Trinajstić information content (AvgIpc) is 2.65. The second kappa shape index (κ2) is 12.7. The van der Waals surface area contributed by atoms with Crippen LogP contribution in [0, 0.1) is 0 Å². The van der Waals surface area contributed by atoms with Crippen LogP contribution in [0.4, 0.5) is 4.79 Å². The molecule has 1 aliphatic heterocycles. The monoisotopic (exact) mass is 504 g/mol. The van der Waals surface area contributed by atoms with Crippen LogP contribution >= 0.6 is 24.0 Å². The van der Waals surface area contributed by atoms with E-state index in [2.05, 4.69) is 21.7 Å². The molecule has 1 saturated heterocycles. The van der Waals surface area contributed by atoms with Crippen molar-refractivity contribution >= 4 is 36.0 Å². The van der Waals surface area contributed by atoms with Gasteiger partial charge < -0.3 is 25.0 Å². The van der Waals surface area contributed by atoms with Crippen LogP contribution in [-0.4, -0.2) is 55.8 Å². The number of hydrogen-bond acceptors (Lipinski definition) is 4. The third kappa shape index (κ3) is 8.12. The minimum absolute atomic E-state index is 0. The van der Waals surface area contributed by atoms with Crippen molar-refractivity contribution in [3.8, 4) is 5.75 Å². The Morgan fingerprint density at radius 2 is 2.04 bits per heavy atom. The first-order valence-electron chi connectivity index (χ1n) is 9.66.